The molecule has 0 rings (SSSR count). The maximum atomic E-state index is 6.27. The number of rotatable bonds is 0. The Labute approximate surface area is 108 Å². The summed E-state index contributed by atoms with van der Waals surface area (Å²) in [6.45, 7) is 0. The number of nitrogens with zero attached hydrogens (tertiary/aromatic N) is 2. The first-order valence-electron chi connectivity index (χ1n) is 2.53. The third-order valence-electron chi connectivity index (χ3n) is 0.532. The molecule has 82 valence electrons. The average Bonchev–Trinajstić information content (AvgIpc) is 2.16. The first-order valence-corrected chi connectivity index (χ1v) is 5.79. The number of thioether (sulfide) groups is 2. The van der Waals surface area contributed by atoms with Crippen molar-refractivity contribution in [2.75, 3.05) is 12.5 Å². The van der Waals surface area contributed by atoms with E-state index < -0.39 is 0 Å². The Balaban J connectivity index is -0.000000143. The van der Waals surface area contributed by atoms with Gasteiger partial charge in [-0.2, -0.15) is 0 Å². The van der Waals surface area contributed by atoms with Gasteiger partial charge in [-0.1, -0.05) is 8.75 Å². The second kappa shape index (κ2) is 15.1. The van der Waals surface area contributed by atoms with Crippen LogP contribution in [0.2, 0.25) is 0 Å². The molecule has 0 bridgehead atoms. The van der Waals surface area contributed by atoms with Crippen molar-refractivity contribution in [3.05, 3.63) is 11.7 Å². The third-order valence-corrected chi connectivity index (χ3v) is 2.60. The molecule has 2 N–H and O–H groups in total. The van der Waals surface area contributed by atoms with Crippen molar-refractivity contribution in [3.8, 4) is 0 Å². The monoisotopic (exact) mass is 298 g/mol. The molecule has 0 heterocycles. The van der Waals surface area contributed by atoms with Crippen LogP contribution in [-0.2, 0) is 41.7 Å². The summed E-state index contributed by atoms with van der Waals surface area (Å²) in [5.41, 5.74) is 0. The number of nitrogens with one attached hydrogen (secondary N) is 2. The summed E-state index contributed by atoms with van der Waals surface area (Å²) in [6, 6.07) is 0. The quantitative estimate of drug-likeness (QED) is 0.226. The Morgan fingerprint density at radius 1 is 1.00 bits per heavy atom. The second-order valence-corrected chi connectivity index (χ2v) is 4.04. The second-order valence-electron chi connectivity index (χ2n) is 1.16. The molecule has 9 heteroatoms. The van der Waals surface area contributed by atoms with Crippen LogP contribution < -0.4 is 0 Å². The van der Waals surface area contributed by atoms with Crippen molar-refractivity contribution in [1.82, 2.24) is 0 Å². The Hall–Kier alpha value is 0.574. The van der Waals surface area contributed by atoms with E-state index >= 15 is 0 Å². The Bertz CT molecular complexity index is 144. The minimum absolute atomic E-state index is 0. The van der Waals surface area contributed by atoms with E-state index in [1.54, 1.807) is 12.5 Å². The van der Waals surface area contributed by atoms with Crippen molar-refractivity contribution < 1.29 is 16.5 Å². The van der Waals surface area contributed by atoms with E-state index in [0.717, 1.165) is 0 Å². The van der Waals surface area contributed by atoms with Crippen LogP contribution >= 0.6 is 23.5 Å². The third kappa shape index (κ3) is 19.1. The SMILES string of the molecule is CS/C([S-])=N/[NH-].CS/C([S-])=N/[NH-].[Ni]. The van der Waals surface area contributed by atoms with Gasteiger partial charge in [0.25, 0.3) is 0 Å². The van der Waals surface area contributed by atoms with Crippen molar-refractivity contribution in [3.63, 3.8) is 0 Å². The molecule has 0 amide bonds. The van der Waals surface area contributed by atoms with Crippen LogP contribution in [-0.4, -0.2) is 21.3 Å². The van der Waals surface area contributed by atoms with Gasteiger partial charge >= 0.3 is 0 Å². The minimum Gasteiger partial charge on any atom is -0.755 e. The summed E-state index contributed by atoms with van der Waals surface area (Å²) in [7, 11) is 0. The zero-order valence-corrected chi connectivity index (χ0v) is 11.1. The molecule has 0 aliphatic rings. The summed E-state index contributed by atoms with van der Waals surface area (Å²) in [6.07, 6.45) is 3.58. The van der Waals surface area contributed by atoms with Gasteiger partial charge in [0.2, 0.25) is 0 Å². The summed E-state index contributed by atoms with van der Waals surface area (Å²) < 4.78 is 0.769. The summed E-state index contributed by atoms with van der Waals surface area (Å²) in [5, 5.41) is 5.90. The molecular formula is C4H8N4NiS4-4. The molecule has 0 saturated carbocycles. The maximum Gasteiger partial charge on any atom is 0 e. The standard InChI is InChI=1S/2C2H5N2S2.Ni/c2*1-6-2(5)4-3;/h2*3H,1H3,(H,4,5);/q2*-1;/p-2. The van der Waals surface area contributed by atoms with Gasteiger partial charge < -0.3 is 47.1 Å². The molecule has 4 nitrogen and oxygen atoms in total. The summed E-state index contributed by atoms with van der Waals surface area (Å²) in [4.78, 5) is 0. The molecule has 0 radical (unpaired) electrons. The maximum absolute atomic E-state index is 6.27. The van der Waals surface area contributed by atoms with Gasteiger partial charge in [0.05, 0.1) is 0 Å². The van der Waals surface area contributed by atoms with Crippen LogP contribution in [0.1, 0.15) is 0 Å². The van der Waals surface area contributed by atoms with E-state index in [9.17, 15) is 0 Å². The molecule has 0 aliphatic carbocycles. The van der Waals surface area contributed by atoms with Crippen LogP contribution in [0.4, 0.5) is 0 Å². The van der Waals surface area contributed by atoms with Crippen molar-refractivity contribution in [2.24, 2.45) is 10.2 Å². The largest absolute Gasteiger partial charge is 0.755 e. The van der Waals surface area contributed by atoms with Crippen LogP contribution in [0.5, 0.6) is 0 Å². The molecule has 0 aliphatic heterocycles. The Morgan fingerprint density at radius 2 is 1.23 bits per heavy atom. The van der Waals surface area contributed by atoms with E-state index in [-0.39, 0.29) is 16.5 Å². The molecule has 0 fully saturated rings. The first-order chi connectivity index (χ1) is 5.62. The fraction of sp³-hybridized carbons (Fsp3) is 0.500. The molecule has 0 unspecified atom stereocenters. The molecule has 0 aromatic rings. The van der Waals surface area contributed by atoms with Gasteiger partial charge in [-0.05, 0) is 12.5 Å². The van der Waals surface area contributed by atoms with Crippen LogP contribution in [0.15, 0.2) is 10.2 Å². The fourth-order valence-corrected chi connectivity index (χ4v) is 0.274. The van der Waals surface area contributed by atoms with E-state index in [2.05, 4.69) is 35.5 Å². The predicted molar refractivity (Wildman–Crippen MR) is 65.3 cm³/mol. The van der Waals surface area contributed by atoms with Crippen LogP contribution in [0.25, 0.3) is 11.7 Å². The van der Waals surface area contributed by atoms with E-state index in [0.29, 0.717) is 8.75 Å². The molecular weight excluding hydrogens is 291 g/mol. The summed E-state index contributed by atoms with van der Waals surface area (Å²) in [5.74, 6) is 12.5. The van der Waals surface area contributed by atoms with Crippen molar-refractivity contribution >= 4 is 57.5 Å². The molecule has 0 atom stereocenters. The van der Waals surface area contributed by atoms with Crippen molar-refractivity contribution in [1.29, 1.82) is 0 Å². The Kier molecular flexibility index (Phi) is 22.2. The molecule has 0 saturated heterocycles. The van der Waals surface area contributed by atoms with Crippen molar-refractivity contribution in [2.45, 2.75) is 0 Å². The van der Waals surface area contributed by atoms with E-state index in [1.165, 1.54) is 23.5 Å². The topological polar surface area (TPSA) is 72.3 Å². The van der Waals surface area contributed by atoms with Gasteiger partial charge in [-0.15, -0.1) is 23.5 Å². The predicted octanol–water partition coefficient (Wildman–Crippen LogP) is 2.44. The van der Waals surface area contributed by atoms with Gasteiger partial charge in [0.1, 0.15) is 0 Å². The molecule has 0 aromatic heterocycles. The molecule has 0 aromatic carbocycles. The van der Waals surface area contributed by atoms with Gasteiger partial charge in [-0.25, -0.2) is 0 Å². The minimum atomic E-state index is 0. The van der Waals surface area contributed by atoms with Gasteiger partial charge in [0.15, 0.2) is 0 Å². The molecule has 13 heavy (non-hydrogen) atoms. The zero-order chi connectivity index (χ0) is 9.98. The Morgan fingerprint density at radius 3 is 1.23 bits per heavy atom. The van der Waals surface area contributed by atoms with Crippen LogP contribution in [0, 0.1) is 0 Å². The zero-order valence-electron chi connectivity index (χ0n) is 6.84. The first kappa shape index (κ1) is 19.2. The number of hydrogen-bond acceptors (Lipinski definition) is 6. The fourth-order valence-electron chi connectivity index (χ4n) is 0.0913. The van der Waals surface area contributed by atoms with Gasteiger partial charge in [0, 0.05) is 16.5 Å². The average molecular weight is 299 g/mol. The smallest absolute Gasteiger partial charge is 0 e. The molecule has 0 spiro atoms. The summed E-state index contributed by atoms with van der Waals surface area (Å²) >= 11 is 11.5. The van der Waals surface area contributed by atoms with Crippen LogP contribution in [0.3, 0.4) is 0 Å². The van der Waals surface area contributed by atoms with E-state index in [1.807, 2.05) is 0 Å². The van der Waals surface area contributed by atoms with Gasteiger partial charge in [-0.3, -0.25) is 0 Å². The van der Waals surface area contributed by atoms with E-state index in [4.69, 9.17) is 11.7 Å². The normalized spacial score (nSPS) is 10.9. The number of hydrogen-bond donors (Lipinski definition) is 0.